The van der Waals surface area contributed by atoms with E-state index in [0.29, 0.717) is 29.2 Å². The van der Waals surface area contributed by atoms with Crippen LogP contribution in [-0.2, 0) is 11.2 Å². The highest BCUT2D eigenvalue weighted by atomic mass is 16.2. The van der Waals surface area contributed by atoms with Crippen LogP contribution in [0.5, 0.6) is 0 Å². The zero-order chi connectivity index (χ0) is 25.3. The number of aromatic nitrogens is 3. The zero-order valence-electron chi connectivity index (χ0n) is 20.2. The minimum Gasteiger partial charge on any atom is -0.322 e. The predicted octanol–water partition coefficient (Wildman–Crippen LogP) is 5.59. The van der Waals surface area contributed by atoms with Gasteiger partial charge in [-0.15, -0.1) is 0 Å². The number of rotatable bonds is 8. The van der Waals surface area contributed by atoms with Crippen molar-refractivity contribution in [1.82, 2.24) is 15.0 Å². The van der Waals surface area contributed by atoms with Gasteiger partial charge in [0.1, 0.15) is 5.82 Å². The highest BCUT2D eigenvalue weighted by Gasteiger charge is 2.11. The van der Waals surface area contributed by atoms with Crippen molar-refractivity contribution in [3.63, 3.8) is 0 Å². The van der Waals surface area contributed by atoms with Crippen molar-refractivity contribution in [2.24, 2.45) is 0 Å². The summed E-state index contributed by atoms with van der Waals surface area (Å²) in [5.74, 6) is 0.231. The molecule has 2 aromatic heterocycles. The van der Waals surface area contributed by atoms with Crippen LogP contribution in [0, 0.1) is 6.92 Å². The lowest BCUT2D eigenvalue weighted by Gasteiger charge is -2.11. The number of pyridine rings is 1. The number of carbonyl (C=O) groups is 2. The molecule has 0 spiro atoms. The summed E-state index contributed by atoms with van der Waals surface area (Å²) in [4.78, 5) is 38.0. The van der Waals surface area contributed by atoms with Gasteiger partial charge in [0, 0.05) is 47.5 Å². The highest BCUT2D eigenvalue weighted by molar-refractivity contribution is 6.06. The minimum absolute atomic E-state index is 0.219. The third kappa shape index (κ3) is 6.48. The average molecular weight is 478 g/mol. The first-order valence-electron chi connectivity index (χ1n) is 11.7. The van der Waals surface area contributed by atoms with E-state index in [-0.39, 0.29) is 11.8 Å². The number of carbonyl (C=O) groups excluding carboxylic acids is 2. The molecule has 0 aliphatic rings. The Bertz CT molecular complexity index is 1380. The van der Waals surface area contributed by atoms with Crippen LogP contribution in [0.1, 0.15) is 40.7 Å². The predicted molar refractivity (Wildman–Crippen MR) is 142 cm³/mol. The van der Waals surface area contributed by atoms with E-state index >= 15 is 0 Å². The van der Waals surface area contributed by atoms with Gasteiger partial charge >= 0.3 is 0 Å². The molecule has 2 heterocycles. The largest absolute Gasteiger partial charge is 0.322 e. The summed E-state index contributed by atoms with van der Waals surface area (Å²) in [6.45, 7) is 3.84. The normalized spacial score (nSPS) is 10.8. The highest BCUT2D eigenvalue weighted by Crippen LogP contribution is 2.20. The number of allylic oxidation sites excluding steroid dienone is 1. The van der Waals surface area contributed by atoms with Crippen molar-refractivity contribution < 1.29 is 9.59 Å². The lowest BCUT2D eigenvalue weighted by Crippen LogP contribution is -2.14. The molecule has 0 aliphatic heterocycles. The Balaban J connectivity index is 1.41. The lowest BCUT2D eigenvalue weighted by atomic mass is 10.1. The number of benzene rings is 2. The molecule has 4 aromatic rings. The van der Waals surface area contributed by atoms with Gasteiger partial charge in [-0.05, 0) is 73.0 Å². The zero-order valence-corrected chi connectivity index (χ0v) is 20.2. The van der Waals surface area contributed by atoms with E-state index in [1.165, 1.54) is 6.08 Å². The molecule has 2 aromatic carbocycles. The third-order valence-corrected chi connectivity index (χ3v) is 5.50. The first-order valence-corrected chi connectivity index (χ1v) is 11.7. The van der Waals surface area contributed by atoms with Crippen LogP contribution in [-0.4, -0.2) is 26.8 Å². The van der Waals surface area contributed by atoms with Gasteiger partial charge in [-0.25, -0.2) is 9.97 Å². The van der Waals surface area contributed by atoms with Crippen molar-refractivity contribution in [2.75, 3.05) is 10.6 Å². The summed E-state index contributed by atoms with van der Waals surface area (Å²) in [6.07, 6.45) is 9.88. The Hall–Kier alpha value is -4.65. The number of hydrogen-bond donors (Lipinski definition) is 2. The molecule has 36 heavy (non-hydrogen) atoms. The molecule has 4 rings (SSSR count). The molecule has 0 unspecified atom stereocenters. The molecule has 0 atom stereocenters. The Morgan fingerprint density at radius 2 is 1.81 bits per heavy atom. The minimum atomic E-state index is -0.255. The summed E-state index contributed by atoms with van der Waals surface area (Å²) in [5, 5.41) is 5.74. The Kier molecular flexibility index (Phi) is 7.93. The molecule has 2 amide bonds. The van der Waals surface area contributed by atoms with Gasteiger partial charge in [0.05, 0.1) is 5.69 Å². The maximum Gasteiger partial charge on any atom is 0.255 e. The fraction of sp³-hybridized carbons (Fsp3) is 0.138. The fourth-order valence-corrected chi connectivity index (χ4v) is 3.55. The van der Waals surface area contributed by atoms with Crippen molar-refractivity contribution in [3.05, 3.63) is 114 Å². The summed E-state index contributed by atoms with van der Waals surface area (Å²) in [6, 6.07) is 18.5. The standard InChI is InChI=1S/C29H27N5O2/c1-3-4-7-28(35)34-26-18-22(11-8-20(26)2)29(36)32-24-12-9-21(10-13-24)17-27-31-16-14-25(33-27)23-6-5-15-30-19-23/h4-16,18-19H,3,17H2,1-2H3,(H,32,36)(H,34,35)/b7-4+. The fourth-order valence-electron chi connectivity index (χ4n) is 3.55. The third-order valence-electron chi connectivity index (χ3n) is 5.50. The van der Waals surface area contributed by atoms with E-state index < -0.39 is 0 Å². The molecule has 0 fully saturated rings. The van der Waals surface area contributed by atoms with Crippen LogP contribution < -0.4 is 10.6 Å². The molecule has 7 nitrogen and oxygen atoms in total. The number of anilines is 2. The molecule has 0 saturated carbocycles. The molecule has 180 valence electrons. The number of aryl methyl sites for hydroxylation is 1. The second-order valence-electron chi connectivity index (χ2n) is 8.26. The summed E-state index contributed by atoms with van der Waals surface area (Å²) in [7, 11) is 0. The average Bonchev–Trinajstić information content (AvgIpc) is 2.90. The van der Waals surface area contributed by atoms with E-state index in [1.54, 1.807) is 36.8 Å². The molecule has 0 saturated heterocycles. The molecule has 2 N–H and O–H groups in total. The van der Waals surface area contributed by atoms with Gasteiger partial charge in [-0.3, -0.25) is 14.6 Å². The van der Waals surface area contributed by atoms with Crippen LogP contribution in [0.25, 0.3) is 11.3 Å². The topological polar surface area (TPSA) is 96.9 Å². The molecule has 7 heteroatoms. The summed E-state index contributed by atoms with van der Waals surface area (Å²) >= 11 is 0. The van der Waals surface area contributed by atoms with E-state index in [9.17, 15) is 9.59 Å². The lowest BCUT2D eigenvalue weighted by molar-refractivity contribution is -0.111. The van der Waals surface area contributed by atoms with Gasteiger partial charge < -0.3 is 10.6 Å². The van der Waals surface area contributed by atoms with Crippen LogP contribution in [0.3, 0.4) is 0 Å². The van der Waals surface area contributed by atoms with Gasteiger partial charge in [0.15, 0.2) is 0 Å². The summed E-state index contributed by atoms with van der Waals surface area (Å²) < 4.78 is 0. The van der Waals surface area contributed by atoms with Gasteiger partial charge in [-0.1, -0.05) is 31.2 Å². The number of hydrogen-bond acceptors (Lipinski definition) is 5. The van der Waals surface area contributed by atoms with E-state index in [2.05, 4.69) is 25.6 Å². The van der Waals surface area contributed by atoms with Gasteiger partial charge in [0.25, 0.3) is 5.91 Å². The van der Waals surface area contributed by atoms with E-state index in [1.807, 2.05) is 62.4 Å². The Morgan fingerprint density at radius 1 is 0.972 bits per heavy atom. The van der Waals surface area contributed by atoms with Crippen molar-refractivity contribution in [1.29, 1.82) is 0 Å². The van der Waals surface area contributed by atoms with Crippen LogP contribution in [0.4, 0.5) is 11.4 Å². The van der Waals surface area contributed by atoms with Crippen LogP contribution in [0.15, 0.2) is 91.4 Å². The molecule has 0 bridgehead atoms. The molecule has 0 aliphatic carbocycles. The molecular formula is C29H27N5O2. The van der Waals surface area contributed by atoms with Crippen LogP contribution in [0.2, 0.25) is 0 Å². The second kappa shape index (κ2) is 11.7. The number of amides is 2. The SMILES string of the molecule is CC/C=C/C(=O)Nc1cc(C(=O)Nc2ccc(Cc3nccc(-c4cccnc4)n3)cc2)ccc1C. The Labute approximate surface area is 210 Å². The first-order chi connectivity index (χ1) is 17.5. The van der Waals surface area contributed by atoms with Gasteiger partial charge in [-0.2, -0.15) is 0 Å². The second-order valence-corrected chi connectivity index (χ2v) is 8.26. The van der Waals surface area contributed by atoms with E-state index in [4.69, 9.17) is 0 Å². The van der Waals surface area contributed by atoms with E-state index in [0.717, 1.165) is 28.8 Å². The first kappa shape index (κ1) is 24.5. The number of nitrogens with one attached hydrogen (secondary N) is 2. The van der Waals surface area contributed by atoms with Gasteiger partial charge in [0.2, 0.25) is 5.91 Å². The quantitative estimate of drug-likeness (QED) is 0.322. The van der Waals surface area contributed by atoms with Crippen molar-refractivity contribution in [3.8, 4) is 11.3 Å². The molecular weight excluding hydrogens is 450 g/mol. The summed E-state index contributed by atoms with van der Waals surface area (Å²) in [5.41, 5.74) is 5.41. The maximum absolute atomic E-state index is 12.8. The Morgan fingerprint density at radius 3 is 2.56 bits per heavy atom. The van der Waals surface area contributed by atoms with Crippen LogP contribution >= 0.6 is 0 Å². The van der Waals surface area contributed by atoms with Crippen molar-refractivity contribution in [2.45, 2.75) is 26.7 Å². The smallest absolute Gasteiger partial charge is 0.255 e. The van der Waals surface area contributed by atoms with Crippen molar-refractivity contribution >= 4 is 23.2 Å². The molecule has 0 radical (unpaired) electrons. The number of nitrogens with zero attached hydrogens (tertiary/aromatic N) is 3. The monoisotopic (exact) mass is 477 g/mol. The maximum atomic E-state index is 12.8.